The van der Waals surface area contributed by atoms with Crippen LogP contribution in [-0.4, -0.2) is 24.1 Å². The molecular weight excluding hydrogens is 849 g/mol. The molecule has 6 aromatic rings. The Kier molecular flexibility index (Phi) is 12.8. The Hall–Kier alpha value is -7.08. The van der Waals surface area contributed by atoms with Crippen molar-refractivity contribution in [2.75, 3.05) is 21.3 Å². The first-order chi connectivity index (χ1) is 32.6. The van der Waals surface area contributed by atoms with Crippen molar-refractivity contribution in [3.8, 4) is 0 Å². The number of fused-ring (bicyclic) bond motifs is 13. The molecule has 0 saturated heterocycles. The van der Waals surface area contributed by atoms with E-state index in [2.05, 4.69) is 122 Å². The zero-order valence-electron chi connectivity index (χ0n) is 40.5. The number of aryl methyl sites for hydroxylation is 4. The highest BCUT2D eigenvalue weighted by Gasteiger charge is 2.31. The van der Waals surface area contributed by atoms with Crippen molar-refractivity contribution in [3.63, 3.8) is 0 Å². The molecule has 0 saturated carbocycles. The molecule has 352 valence electrons. The lowest BCUT2D eigenvalue weighted by Crippen LogP contribution is -2.34. The number of hydrogen-bond acceptors (Lipinski definition) is 4. The van der Waals surface area contributed by atoms with Crippen LogP contribution in [0.15, 0.2) is 72.8 Å². The number of benzene rings is 6. The Morgan fingerprint density at radius 1 is 0.338 bits per heavy atom. The van der Waals surface area contributed by atoms with Crippen LogP contribution in [0.25, 0.3) is 21.5 Å². The van der Waals surface area contributed by atoms with Crippen molar-refractivity contribution >= 4 is 68.4 Å². The lowest BCUT2D eigenvalue weighted by molar-refractivity contribution is 0.250. The van der Waals surface area contributed by atoms with Crippen LogP contribution in [0.5, 0.6) is 0 Å². The minimum atomic E-state index is -0.392. The number of nitrogens with one attached hydrogen (secondary N) is 8. The third-order valence-electron chi connectivity index (χ3n) is 15.4. The maximum Gasteiger partial charge on any atom is 0.319 e. The molecule has 2 aliphatic heterocycles. The molecule has 0 fully saturated rings. The summed E-state index contributed by atoms with van der Waals surface area (Å²) >= 11 is 0. The van der Waals surface area contributed by atoms with Gasteiger partial charge in [-0.1, -0.05) is 76.2 Å². The largest absolute Gasteiger partial charge is 0.334 e. The van der Waals surface area contributed by atoms with Crippen LogP contribution in [0.4, 0.5) is 41.9 Å². The first kappa shape index (κ1) is 46.0. The molecule has 68 heavy (non-hydrogen) atoms. The molecule has 4 aliphatic rings. The third-order valence-corrected chi connectivity index (χ3v) is 15.4. The minimum absolute atomic E-state index is 0.281. The zero-order valence-corrected chi connectivity index (χ0v) is 40.5. The highest BCUT2D eigenvalue weighted by molar-refractivity contribution is 6.01. The molecule has 0 radical (unpaired) electrons. The lowest BCUT2D eigenvalue weighted by atomic mass is 9.72. The van der Waals surface area contributed by atoms with Crippen LogP contribution < -0.4 is 42.5 Å². The second-order valence-electron chi connectivity index (χ2n) is 19.8. The minimum Gasteiger partial charge on any atom is -0.334 e. The summed E-state index contributed by atoms with van der Waals surface area (Å²) in [5, 5.41) is 28.9. The molecule has 12 heteroatoms. The van der Waals surface area contributed by atoms with Gasteiger partial charge >= 0.3 is 24.1 Å². The van der Waals surface area contributed by atoms with Gasteiger partial charge in [-0.25, -0.2) is 19.2 Å². The number of rotatable bonds is 0. The van der Waals surface area contributed by atoms with E-state index < -0.39 is 24.1 Å². The van der Waals surface area contributed by atoms with Crippen LogP contribution in [0.3, 0.4) is 0 Å². The molecule has 6 aromatic carbocycles. The van der Waals surface area contributed by atoms with Crippen LogP contribution >= 0.6 is 0 Å². The second-order valence-corrected chi connectivity index (χ2v) is 19.8. The Labute approximate surface area is 399 Å². The van der Waals surface area contributed by atoms with Gasteiger partial charge in [0.1, 0.15) is 0 Å². The Bertz CT molecular complexity index is 2630. The van der Waals surface area contributed by atoms with Crippen LogP contribution in [0, 0.1) is 51.4 Å². The second kappa shape index (κ2) is 18.9. The summed E-state index contributed by atoms with van der Waals surface area (Å²) in [6.45, 7) is 18.6. The summed E-state index contributed by atoms with van der Waals surface area (Å²) in [6, 6.07) is 21.7. The van der Waals surface area contributed by atoms with Gasteiger partial charge in [0, 0.05) is 26.2 Å². The molecular formula is C56H64N8O4. The number of urea groups is 4. The fourth-order valence-corrected chi connectivity index (χ4v) is 10.6. The van der Waals surface area contributed by atoms with Gasteiger partial charge in [-0.05, 0) is 190 Å². The topological polar surface area (TPSA) is 165 Å². The normalized spacial score (nSPS) is 20.4. The van der Waals surface area contributed by atoms with Crippen molar-refractivity contribution in [1.82, 2.24) is 21.3 Å². The van der Waals surface area contributed by atoms with Gasteiger partial charge in [0.05, 0.1) is 22.7 Å². The summed E-state index contributed by atoms with van der Waals surface area (Å²) in [7, 11) is 0. The zero-order chi connectivity index (χ0) is 48.0. The summed E-state index contributed by atoms with van der Waals surface area (Å²) in [5.74, 6) is 1.63. The van der Waals surface area contributed by atoms with Gasteiger partial charge in [-0.2, -0.15) is 0 Å². The standard InChI is InChI=1S/C56H64N8O4/c1-29-17-37-38(18-30(29)2)46-26-58-54(66)62-51-15-11-12-16-52(51)64-56(68)60-28-48-43-23-35(7)33(5)21-41(43)47(42-22-34(6)36(8)24-44(42)48)27-59-55(67)63-50-14-10-9-13-49(50)61-53(65)57-25-45(37)39-19-31(3)32(4)20-40(39)46/h9-18,21,23,31-32,34,36H,19-20,22,24-28H2,1-8H3,(H2,57,61,65)(H2,58,62,66)(H2,59,63,67)(H2,60,64,68)/t31-,32?,34-,36?/m0/s1. The third kappa shape index (κ3) is 9.16. The highest BCUT2D eigenvalue weighted by Crippen LogP contribution is 2.42. The monoisotopic (exact) mass is 913 g/mol. The van der Waals surface area contributed by atoms with E-state index in [1.54, 1.807) is 24.3 Å². The van der Waals surface area contributed by atoms with Crippen molar-refractivity contribution in [3.05, 3.63) is 140 Å². The van der Waals surface area contributed by atoms with Gasteiger partial charge < -0.3 is 42.5 Å². The fraction of sp³-hybridized carbons (Fsp3) is 0.357. The molecule has 2 aliphatic carbocycles. The van der Waals surface area contributed by atoms with Gasteiger partial charge in [0.15, 0.2) is 0 Å². The number of hydrogen-bond donors (Lipinski definition) is 8. The highest BCUT2D eigenvalue weighted by atomic mass is 16.2. The summed E-state index contributed by atoms with van der Waals surface area (Å²) in [5.41, 5.74) is 15.5. The molecule has 0 spiro atoms. The predicted molar refractivity (Wildman–Crippen MR) is 275 cm³/mol. The molecule has 0 aromatic heterocycles. The molecule has 10 rings (SSSR count). The molecule has 4 atom stereocenters. The lowest BCUT2D eigenvalue weighted by Gasteiger charge is -2.33. The van der Waals surface area contributed by atoms with E-state index in [-0.39, 0.29) is 26.2 Å². The van der Waals surface area contributed by atoms with E-state index in [4.69, 9.17) is 0 Å². The van der Waals surface area contributed by atoms with Crippen molar-refractivity contribution in [2.24, 2.45) is 23.7 Å². The average molecular weight is 913 g/mol. The molecule has 4 bridgehead atoms. The number of carbonyl (C=O) groups excluding carboxylic acids is 4. The van der Waals surface area contributed by atoms with Crippen LogP contribution in [0.2, 0.25) is 0 Å². The van der Waals surface area contributed by atoms with E-state index in [1.807, 2.05) is 24.3 Å². The van der Waals surface area contributed by atoms with Crippen molar-refractivity contribution < 1.29 is 19.2 Å². The number of anilines is 4. The van der Waals surface area contributed by atoms with Crippen LogP contribution in [0.1, 0.15) is 94.5 Å². The van der Waals surface area contributed by atoms with E-state index in [0.717, 1.165) is 91.7 Å². The van der Waals surface area contributed by atoms with E-state index >= 15 is 0 Å². The Morgan fingerprint density at radius 3 is 0.750 bits per heavy atom. The molecule has 8 N–H and O–H groups in total. The number of amides is 8. The predicted octanol–water partition coefficient (Wildman–Crippen LogP) is 11.6. The van der Waals surface area contributed by atoms with Gasteiger partial charge in [0.2, 0.25) is 0 Å². The smallest absolute Gasteiger partial charge is 0.319 e. The first-order valence-corrected chi connectivity index (χ1v) is 24.1. The SMILES string of the molecule is Cc1cc2c3c4c(c(c2cc1C)CNC(=O)Nc1ccccc1NC(=O)NCc1c2c(c(c5cc(C)c(C)cc15)CNC(=O)Nc1ccccc1NC(=O)NC3)CC(C)[C@@H](C)C2)C[C@H](C)C(C)C4. The summed E-state index contributed by atoms with van der Waals surface area (Å²) in [4.78, 5) is 55.7. The number of para-hydroxylation sites is 4. The van der Waals surface area contributed by atoms with Crippen LogP contribution in [-0.2, 0) is 51.9 Å². The maximum absolute atomic E-state index is 13.9. The Balaban J connectivity index is 1.11. The molecule has 8 amide bonds. The van der Waals surface area contributed by atoms with Crippen molar-refractivity contribution in [2.45, 2.75) is 107 Å². The average Bonchev–Trinajstić information content (AvgIpc) is 3.29. The molecule has 2 heterocycles. The summed E-state index contributed by atoms with van der Waals surface area (Å²) in [6.07, 6.45) is 3.33. The molecule has 12 nitrogen and oxygen atoms in total. The van der Waals surface area contributed by atoms with Gasteiger partial charge in [-0.3, -0.25) is 0 Å². The fourth-order valence-electron chi connectivity index (χ4n) is 10.6. The quantitative estimate of drug-likeness (QED) is 0.0761. The first-order valence-electron chi connectivity index (χ1n) is 24.1. The van der Waals surface area contributed by atoms with E-state index in [0.29, 0.717) is 46.4 Å². The summed E-state index contributed by atoms with van der Waals surface area (Å²) < 4.78 is 0. The molecule has 2 unspecified atom stereocenters. The van der Waals surface area contributed by atoms with Crippen molar-refractivity contribution in [1.29, 1.82) is 0 Å². The van der Waals surface area contributed by atoms with Gasteiger partial charge in [-0.15, -0.1) is 0 Å². The van der Waals surface area contributed by atoms with Gasteiger partial charge in [0.25, 0.3) is 0 Å². The Morgan fingerprint density at radius 2 is 0.544 bits per heavy atom. The maximum atomic E-state index is 13.9. The number of carbonyl (C=O) groups is 4. The van der Waals surface area contributed by atoms with E-state index in [1.165, 1.54) is 22.3 Å². The van der Waals surface area contributed by atoms with E-state index in [9.17, 15) is 19.2 Å².